The minimum absolute atomic E-state index is 0.159. The van der Waals surface area contributed by atoms with Crippen molar-refractivity contribution < 1.29 is 14.6 Å². The molecular weight excluding hydrogens is 276 g/mol. The van der Waals surface area contributed by atoms with Crippen LogP contribution in [0.15, 0.2) is 29.7 Å². The highest BCUT2D eigenvalue weighted by molar-refractivity contribution is 7.10. The molecule has 0 aliphatic rings. The van der Waals surface area contributed by atoms with Gasteiger partial charge in [-0.2, -0.15) is 0 Å². The molecule has 0 spiro atoms. The van der Waals surface area contributed by atoms with Crippen LogP contribution in [0, 0.1) is 0 Å². The highest BCUT2D eigenvalue weighted by Gasteiger charge is 2.24. The summed E-state index contributed by atoms with van der Waals surface area (Å²) in [4.78, 5) is 12.4. The fraction of sp³-hybridized carbons (Fsp3) is 0.500. The number of carbonyl (C=O) groups is 1. The molecule has 1 aromatic heterocycles. The Morgan fingerprint density at radius 1 is 1.55 bits per heavy atom. The second-order valence-corrected chi connectivity index (χ2v) is 5.82. The van der Waals surface area contributed by atoms with Crippen LogP contribution < -0.4 is 10.6 Å². The van der Waals surface area contributed by atoms with Gasteiger partial charge in [-0.15, -0.1) is 11.3 Å². The van der Waals surface area contributed by atoms with E-state index in [9.17, 15) is 9.90 Å². The number of carbonyl (C=O) groups excluding carboxylic acids is 1. The topological polar surface area (TPSA) is 70.6 Å². The first-order chi connectivity index (χ1) is 9.42. The van der Waals surface area contributed by atoms with E-state index in [-0.39, 0.29) is 12.6 Å². The van der Waals surface area contributed by atoms with E-state index in [4.69, 9.17) is 4.74 Å². The number of ether oxygens (including phenoxy) is 1. The number of thiophene rings is 1. The lowest BCUT2D eigenvalue weighted by molar-refractivity contribution is 0.0630. The Morgan fingerprint density at radius 2 is 2.30 bits per heavy atom. The van der Waals surface area contributed by atoms with Crippen molar-refractivity contribution in [1.82, 2.24) is 10.6 Å². The maximum atomic E-state index is 11.6. The Labute approximate surface area is 123 Å². The summed E-state index contributed by atoms with van der Waals surface area (Å²) in [6.45, 7) is 8.78. The van der Waals surface area contributed by atoms with Crippen molar-refractivity contribution in [3.8, 4) is 0 Å². The van der Waals surface area contributed by atoms with E-state index in [2.05, 4.69) is 17.2 Å². The summed E-state index contributed by atoms with van der Waals surface area (Å²) in [7, 11) is 0. The summed E-state index contributed by atoms with van der Waals surface area (Å²) in [6, 6.07) is 3.39. The molecule has 1 aromatic rings. The van der Waals surface area contributed by atoms with Crippen LogP contribution in [0.3, 0.4) is 0 Å². The van der Waals surface area contributed by atoms with E-state index in [1.165, 1.54) is 11.3 Å². The van der Waals surface area contributed by atoms with Gasteiger partial charge in [0.15, 0.2) is 0 Å². The van der Waals surface area contributed by atoms with Crippen LogP contribution >= 0.6 is 11.3 Å². The first-order valence-corrected chi connectivity index (χ1v) is 7.30. The zero-order chi connectivity index (χ0) is 15.0. The molecule has 5 nitrogen and oxygen atoms in total. The molecule has 0 fully saturated rings. The van der Waals surface area contributed by atoms with Crippen LogP contribution in [0.4, 0.5) is 4.79 Å². The molecule has 1 atom stereocenters. The van der Waals surface area contributed by atoms with Crippen LogP contribution in [-0.4, -0.2) is 37.4 Å². The Bertz CT molecular complexity index is 430. The van der Waals surface area contributed by atoms with E-state index < -0.39 is 5.60 Å². The normalized spacial score (nSPS) is 13.6. The van der Waals surface area contributed by atoms with Gasteiger partial charge in [0.1, 0.15) is 5.60 Å². The van der Waals surface area contributed by atoms with E-state index in [1.807, 2.05) is 24.4 Å². The molecule has 2 amide bonds. The summed E-state index contributed by atoms with van der Waals surface area (Å²) in [5.74, 6) is 0. The van der Waals surface area contributed by atoms with Gasteiger partial charge in [-0.1, -0.05) is 18.2 Å². The third-order valence-corrected chi connectivity index (χ3v) is 3.65. The third-order valence-electron chi connectivity index (χ3n) is 2.53. The molecule has 112 valence electrons. The van der Waals surface area contributed by atoms with E-state index in [0.717, 1.165) is 10.5 Å². The molecule has 1 unspecified atom stereocenters. The average molecular weight is 298 g/mol. The molecule has 20 heavy (non-hydrogen) atoms. The van der Waals surface area contributed by atoms with Crippen molar-refractivity contribution in [2.75, 3.05) is 26.3 Å². The first kappa shape index (κ1) is 16.7. The SMILES string of the molecule is C=C(C)COCCNC(=O)NCC(C)(O)c1cccs1. The molecule has 3 N–H and O–H groups in total. The van der Waals surface area contributed by atoms with Crippen molar-refractivity contribution in [3.05, 3.63) is 34.5 Å². The minimum atomic E-state index is -1.05. The van der Waals surface area contributed by atoms with Crippen molar-refractivity contribution in [2.45, 2.75) is 19.4 Å². The fourth-order valence-electron chi connectivity index (χ4n) is 1.47. The van der Waals surface area contributed by atoms with Crippen LogP contribution in [0.2, 0.25) is 0 Å². The Hall–Kier alpha value is -1.37. The maximum absolute atomic E-state index is 11.6. The molecule has 1 heterocycles. The largest absolute Gasteiger partial charge is 0.383 e. The van der Waals surface area contributed by atoms with E-state index in [1.54, 1.807) is 6.92 Å². The van der Waals surface area contributed by atoms with Crippen LogP contribution in [0.5, 0.6) is 0 Å². The van der Waals surface area contributed by atoms with Crippen LogP contribution in [0.1, 0.15) is 18.7 Å². The van der Waals surface area contributed by atoms with Gasteiger partial charge < -0.3 is 20.5 Å². The summed E-state index contributed by atoms with van der Waals surface area (Å²) in [6.07, 6.45) is 0. The number of urea groups is 1. The lowest BCUT2D eigenvalue weighted by Gasteiger charge is -2.22. The fourth-order valence-corrected chi connectivity index (χ4v) is 2.26. The van der Waals surface area contributed by atoms with Gasteiger partial charge in [-0.05, 0) is 25.3 Å². The van der Waals surface area contributed by atoms with Crippen LogP contribution in [-0.2, 0) is 10.3 Å². The van der Waals surface area contributed by atoms with Crippen molar-refractivity contribution in [1.29, 1.82) is 0 Å². The molecule has 6 heteroatoms. The molecule has 0 radical (unpaired) electrons. The van der Waals surface area contributed by atoms with Gasteiger partial charge in [0.2, 0.25) is 0 Å². The van der Waals surface area contributed by atoms with Crippen LogP contribution in [0.25, 0.3) is 0 Å². The summed E-state index contributed by atoms with van der Waals surface area (Å²) < 4.78 is 5.26. The molecule has 0 aromatic carbocycles. The highest BCUT2D eigenvalue weighted by Crippen LogP contribution is 2.24. The lowest BCUT2D eigenvalue weighted by Crippen LogP contribution is -2.44. The second kappa shape index (κ2) is 8.04. The molecule has 0 saturated heterocycles. The molecule has 0 saturated carbocycles. The van der Waals surface area contributed by atoms with E-state index >= 15 is 0 Å². The zero-order valence-electron chi connectivity index (χ0n) is 11.9. The quantitative estimate of drug-likeness (QED) is 0.507. The van der Waals surface area contributed by atoms with Gasteiger partial charge in [0.25, 0.3) is 0 Å². The maximum Gasteiger partial charge on any atom is 0.314 e. The average Bonchev–Trinajstić information content (AvgIpc) is 2.90. The van der Waals surface area contributed by atoms with Gasteiger partial charge >= 0.3 is 6.03 Å². The minimum Gasteiger partial charge on any atom is -0.383 e. The Kier molecular flexibility index (Phi) is 6.70. The van der Waals surface area contributed by atoms with Crippen molar-refractivity contribution in [2.24, 2.45) is 0 Å². The molecule has 0 bridgehead atoms. The summed E-state index contributed by atoms with van der Waals surface area (Å²) >= 11 is 1.46. The highest BCUT2D eigenvalue weighted by atomic mass is 32.1. The number of aliphatic hydroxyl groups is 1. The van der Waals surface area contributed by atoms with E-state index in [0.29, 0.717) is 19.8 Å². The van der Waals surface area contributed by atoms with Gasteiger partial charge in [-0.25, -0.2) is 4.79 Å². The molecule has 0 aliphatic carbocycles. The van der Waals surface area contributed by atoms with Gasteiger partial charge in [-0.3, -0.25) is 0 Å². The third kappa shape index (κ3) is 6.18. The molecule has 1 rings (SSSR count). The summed E-state index contributed by atoms with van der Waals surface area (Å²) in [5, 5.41) is 17.4. The molecule has 0 aliphatic heterocycles. The monoisotopic (exact) mass is 298 g/mol. The van der Waals surface area contributed by atoms with Gasteiger partial charge in [0, 0.05) is 11.4 Å². The smallest absolute Gasteiger partial charge is 0.314 e. The number of rotatable bonds is 8. The number of hydrogen-bond acceptors (Lipinski definition) is 4. The second-order valence-electron chi connectivity index (χ2n) is 4.87. The lowest BCUT2D eigenvalue weighted by atomic mass is 10.1. The molecular formula is C14H22N2O3S. The van der Waals surface area contributed by atoms with Crippen molar-refractivity contribution in [3.63, 3.8) is 0 Å². The zero-order valence-corrected chi connectivity index (χ0v) is 12.8. The Balaban J connectivity index is 2.18. The van der Waals surface area contributed by atoms with Crippen molar-refractivity contribution >= 4 is 17.4 Å². The predicted molar refractivity (Wildman–Crippen MR) is 80.9 cm³/mol. The Morgan fingerprint density at radius 3 is 2.90 bits per heavy atom. The summed E-state index contributed by atoms with van der Waals surface area (Å²) in [5.41, 5.74) is -0.108. The first-order valence-electron chi connectivity index (χ1n) is 6.42. The standard InChI is InChI=1S/C14H22N2O3S/c1-11(2)9-19-7-6-15-13(17)16-10-14(3,18)12-5-4-8-20-12/h4-5,8,18H,1,6-7,9-10H2,2-3H3,(H2,15,16,17). The predicted octanol–water partition coefficient (Wildman–Crippen LogP) is 1.85. The number of amides is 2. The van der Waals surface area contributed by atoms with Gasteiger partial charge in [0.05, 0.1) is 19.8 Å². The number of nitrogens with one attached hydrogen (secondary N) is 2. The number of hydrogen-bond donors (Lipinski definition) is 3.